The molecule has 2 aliphatic heterocycles. The molecule has 0 bridgehead atoms. The van der Waals surface area contributed by atoms with Gasteiger partial charge in [-0.05, 0) is 94.7 Å². The normalized spacial score (nSPS) is 30.7. The Labute approximate surface area is 155 Å². The fourth-order valence-corrected chi connectivity index (χ4v) is 5.93. The van der Waals surface area contributed by atoms with Crippen molar-refractivity contribution < 1.29 is 4.74 Å². The van der Waals surface area contributed by atoms with Gasteiger partial charge in [-0.3, -0.25) is 0 Å². The van der Waals surface area contributed by atoms with Crippen molar-refractivity contribution in [1.82, 2.24) is 9.80 Å². The highest BCUT2D eigenvalue weighted by molar-refractivity contribution is 5.01. The number of piperidine rings is 2. The van der Waals surface area contributed by atoms with Gasteiger partial charge in [0.1, 0.15) is 0 Å². The van der Waals surface area contributed by atoms with Crippen molar-refractivity contribution in [3.63, 3.8) is 0 Å². The zero-order valence-electron chi connectivity index (χ0n) is 16.9. The van der Waals surface area contributed by atoms with Crippen molar-refractivity contribution in [2.24, 2.45) is 16.7 Å². The maximum absolute atomic E-state index is 6.42. The molecular weight excluding hydrogens is 308 g/mol. The van der Waals surface area contributed by atoms with Crippen LogP contribution in [0.15, 0.2) is 0 Å². The van der Waals surface area contributed by atoms with Gasteiger partial charge in [-0.2, -0.15) is 0 Å². The molecule has 0 aromatic heterocycles. The summed E-state index contributed by atoms with van der Waals surface area (Å²) < 4.78 is 6.42. The Balaban J connectivity index is 1.16. The molecule has 2 aliphatic carbocycles. The molecule has 144 valence electrons. The summed E-state index contributed by atoms with van der Waals surface area (Å²) >= 11 is 0. The Kier molecular flexibility index (Phi) is 5.20. The summed E-state index contributed by atoms with van der Waals surface area (Å²) in [5, 5.41) is 0. The largest absolute Gasteiger partial charge is 0.375 e. The van der Waals surface area contributed by atoms with Gasteiger partial charge in [0.25, 0.3) is 0 Å². The molecule has 0 amide bonds. The molecule has 2 saturated carbocycles. The SMILES string of the molecule is CC(C)CC1(CN2CCC3(CC2)CC(OC2CCN(C)CC2)C3)CC1. The van der Waals surface area contributed by atoms with Crippen LogP contribution in [0.3, 0.4) is 0 Å². The minimum atomic E-state index is 0.546. The molecule has 25 heavy (non-hydrogen) atoms. The summed E-state index contributed by atoms with van der Waals surface area (Å²) in [6.07, 6.45) is 13.6. The summed E-state index contributed by atoms with van der Waals surface area (Å²) in [6.45, 7) is 11.3. The molecule has 0 aromatic rings. The van der Waals surface area contributed by atoms with Gasteiger partial charge in [0.05, 0.1) is 12.2 Å². The zero-order chi connectivity index (χ0) is 17.5. The minimum Gasteiger partial charge on any atom is -0.375 e. The quantitative estimate of drug-likeness (QED) is 0.716. The first kappa shape index (κ1) is 18.3. The summed E-state index contributed by atoms with van der Waals surface area (Å²) in [5.74, 6) is 0.864. The number of hydrogen-bond donors (Lipinski definition) is 0. The Hall–Kier alpha value is -0.120. The molecule has 1 spiro atoms. The van der Waals surface area contributed by atoms with Gasteiger partial charge < -0.3 is 14.5 Å². The van der Waals surface area contributed by atoms with Gasteiger partial charge in [0.2, 0.25) is 0 Å². The Morgan fingerprint density at radius 2 is 1.56 bits per heavy atom. The van der Waals surface area contributed by atoms with Crippen LogP contribution in [-0.4, -0.2) is 61.8 Å². The third-order valence-electron chi connectivity index (χ3n) is 7.65. The van der Waals surface area contributed by atoms with E-state index in [1.165, 1.54) is 90.5 Å². The summed E-state index contributed by atoms with van der Waals surface area (Å²) in [4.78, 5) is 5.23. The second kappa shape index (κ2) is 7.13. The lowest BCUT2D eigenvalue weighted by Crippen LogP contribution is -2.52. The lowest BCUT2D eigenvalue weighted by Gasteiger charge is -2.53. The van der Waals surface area contributed by atoms with E-state index in [0.29, 0.717) is 23.0 Å². The monoisotopic (exact) mass is 348 g/mol. The van der Waals surface area contributed by atoms with Gasteiger partial charge in [-0.15, -0.1) is 0 Å². The van der Waals surface area contributed by atoms with Gasteiger partial charge >= 0.3 is 0 Å². The van der Waals surface area contributed by atoms with Gasteiger partial charge in [0.15, 0.2) is 0 Å². The molecule has 3 nitrogen and oxygen atoms in total. The van der Waals surface area contributed by atoms with Crippen molar-refractivity contribution in [3.05, 3.63) is 0 Å². The van der Waals surface area contributed by atoms with Gasteiger partial charge in [0, 0.05) is 19.6 Å². The summed E-state index contributed by atoms with van der Waals surface area (Å²) in [7, 11) is 2.23. The van der Waals surface area contributed by atoms with Crippen LogP contribution < -0.4 is 0 Å². The molecule has 0 aromatic carbocycles. The topological polar surface area (TPSA) is 15.7 Å². The first-order valence-corrected chi connectivity index (χ1v) is 11.0. The van der Waals surface area contributed by atoms with E-state index in [0.717, 1.165) is 5.92 Å². The first-order chi connectivity index (χ1) is 12.0. The lowest BCUT2D eigenvalue weighted by atomic mass is 9.61. The van der Waals surface area contributed by atoms with Crippen LogP contribution in [0.25, 0.3) is 0 Å². The van der Waals surface area contributed by atoms with Crippen molar-refractivity contribution in [2.45, 2.75) is 83.8 Å². The molecule has 4 aliphatic rings. The van der Waals surface area contributed by atoms with Crippen LogP contribution in [0.5, 0.6) is 0 Å². The molecule has 2 saturated heterocycles. The molecule has 0 radical (unpaired) electrons. The maximum Gasteiger partial charge on any atom is 0.0603 e. The minimum absolute atomic E-state index is 0.546. The Morgan fingerprint density at radius 1 is 0.920 bits per heavy atom. The number of hydrogen-bond acceptors (Lipinski definition) is 3. The molecule has 0 N–H and O–H groups in total. The maximum atomic E-state index is 6.42. The summed E-state index contributed by atoms with van der Waals surface area (Å²) in [5.41, 5.74) is 1.36. The fourth-order valence-electron chi connectivity index (χ4n) is 5.93. The third-order valence-corrected chi connectivity index (χ3v) is 7.65. The van der Waals surface area contributed by atoms with E-state index in [9.17, 15) is 0 Å². The van der Waals surface area contributed by atoms with E-state index in [2.05, 4.69) is 30.7 Å². The highest BCUT2D eigenvalue weighted by atomic mass is 16.5. The molecule has 2 heterocycles. The zero-order valence-corrected chi connectivity index (χ0v) is 16.9. The standard InChI is InChI=1S/C22H40N2O/c1-18(2)14-22(6-7-22)17-24-12-8-21(9-13-24)15-20(16-21)25-19-4-10-23(3)11-5-19/h18-20H,4-17H2,1-3H3. The highest BCUT2D eigenvalue weighted by Crippen LogP contribution is 2.54. The highest BCUT2D eigenvalue weighted by Gasteiger charge is 2.49. The molecule has 4 fully saturated rings. The number of nitrogens with zero attached hydrogens (tertiary/aromatic N) is 2. The summed E-state index contributed by atoms with van der Waals surface area (Å²) in [6, 6.07) is 0. The fraction of sp³-hybridized carbons (Fsp3) is 1.00. The number of rotatable bonds is 6. The van der Waals surface area contributed by atoms with E-state index in [-0.39, 0.29) is 0 Å². The predicted molar refractivity (Wildman–Crippen MR) is 104 cm³/mol. The van der Waals surface area contributed by atoms with Crippen molar-refractivity contribution in [2.75, 3.05) is 39.8 Å². The van der Waals surface area contributed by atoms with Crippen LogP contribution in [0, 0.1) is 16.7 Å². The second-order valence-corrected chi connectivity index (χ2v) is 10.5. The average molecular weight is 349 g/mol. The average Bonchev–Trinajstić information content (AvgIpc) is 3.28. The lowest BCUT2D eigenvalue weighted by molar-refractivity contribution is -0.141. The van der Waals surface area contributed by atoms with E-state index >= 15 is 0 Å². The van der Waals surface area contributed by atoms with Crippen LogP contribution in [0.1, 0.15) is 71.6 Å². The van der Waals surface area contributed by atoms with E-state index in [1.807, 2.05) is 0 Å². The van der Waals surface area contributed by atoms with Crippen LogP contribution in [0.2, 0.25) is 0 Å². The molecule has 3 heteroatoms. The smallest absolute Gasteiger partial charge is 0.0603 e. The second-order valence-electron chi connectivity index (χ2n) is 10.5. The van der Waals surface area contributed by atoms with Gasteiger partial charge in [-0.25, -0.2) is 0 Å². The van der Waals surface area contributed by atoms with E-state index < -0.39 is 0 Å². The van der Waals surface area contributed by atoms with Crippen molar-refractivity contribution in [3.8, 4) is 0 Å². The van der Waals surface area contributed by atoms with E-state index in [4.69, 9.17) is 4.74 Å². The third kappa shape index (κ3) is 4.42. The Morgan fingerprint density at radius 3 is 2.12 bits per heavy atom. The van der Waals surface area contributed by atoms with Gasteiger partial charge in [-0.1, -0.05) is 13.8 Å². The first-order valence-electron chi connectivity index (χ1n) is 11.0. The van der Waals surface area contributed by atoms with Crippen LogP contribution in [-0.2, 0) is 4.74 Å². The molecule has 0 unspecified atom stereocenters. The molecule has 0 atom stereocenters. The predicted octanol–water partition coefficient (Wildman–Crippen LogP) is 4.17. The number of likely N-dealkylation sites (tertiary alicyclic amines) is 2. The van der Waals surface area contributed by atoms with Crippen molar-refractivity contribution in [1.29, 1.82) is 0 Å². The van der Waals surface area contributed by atoms with Crippen LogP contribution >= 0.6 is 0 Å². The van der Waals surface area contributed by atoms with E-state index in [1.54, 1.807) is 0 Å². The number of ether oxygens (including phenoxy) is 1. The Bertz CT molecular complexity index is 435. The molecule has 4 rings (SSSR count). The molecular formula is C22H40N2O. The van der Waals surface area contributed by atoms with Crippen LogP contribution in [0.4, 0.5) is 0 Å². The van der Waals surface area contributed by atoms with Crippen molar-refractivity contribution >= 4 is 0 Å².